The third-order valence-corrected chi connectivity index (χ3v) is 12.6. The number of hydrogen-bond acceptors (Lipinski definition) is 0. The third-order valence-electron chi connectivity index (χ3n) is 12.6. The van der Waals surface area contributed by atoms with E-state index in [1.54, 1.807) is 0 Å². The smallest absolute Gasteiger partial charge is 0.0205 e. The first-order valence-corrected chi connectivity index (χ1v) is 19.9. The summed E-state index contributed by atoms with van der Waals surface area (Å²) >= 11 is 0. The van der Waals surface area contributed by atoms with Crippen molar-refractivity contribution < 1.29 is 0 Å². The van der Waals surface area contributed by atoms with Gasteiger partial charge in [-0.05, 0) is 112 Å². The lowest BCUT2D eigenvalue weighted by molar-refractivity contribution is 0.529. The van der Waals surface area contributed by atoms with Gasteiger partial charge in [-0.25, -0.2) is 0 Å². The molecule has 0 saturated carbocycles. The molecule has 0 heteroatoms. The van der Waals surface area contributed by atoms with Crippen molar-refractivity contribution in [1.82, 2.24) is 0 Å². The van der Waals surface area contributed by atoms with Crippen LogP contribution in [0.4, 0.5) is 0 Å². The maximum absolute atomic E-state index is 2.38. The van der Waals surface area contributed by atoms with Crippen molar-refractivity contribution in [2.45, 2.75) is 23.7 Å². The fourth-order valence-corrected chi connectivity index (χ4v) is 10.2. The van der Waals surface area contributed by atoms with Gasteiger partial charge in [0, 0.05) is 23.7 Å². The Kier molecular flexibility index (Phi) is 7.88. The lowest BCUT2D eigenvalue weighted by atomic mass is 9.53. The minimum absolute atomic E-state index is 0.382. The van der Waals surface area contributed by atoms with E-state index in [4.69, 9.17) is 0 Å². The maximum Gasteiger partial charge on any atom is 0.0205 e. The Morgan fingerprint density at radius 2 is 0.286 bits per heavy atom. The van der Waals surface area contributed by atoms with Crippen LogP contribution in [0.3, 0.4) is 0 Å². The van der Waals surface area contributed by atoms with Gasteiger partial charge in [0.15, 0.2) is 0 Å². The summed E-state index contributed by atoms with van der Waals surface area (Å²) in [7, 11) is 0. The van der Waals surface area contributed by atoms with Crippen molar-refractivity contribution in [3.8, 4) is 0 Å². The number of benzene rings is 10. The van der Waals surface area contributed by atoms with E-state index >= 15 is 0 Å². The van der Waals surface area contributed by atoms with Gasteiger partial charge in [-0.1, -0.05) is 194 Å². The highest BCUT2D eigenvalue weighted by Gasteiger charge is 2.49. The van der Waals surface area contributed by atoms with Gasteiger partial charge in [0.05, 0.1) is 0 Å². The normalized spacial score (nSPS) is 18.0. The predicted octanol–water partition coefficient (Wildman–Crippen LogP) is 14.5. The predicted molar refractivity (Wildman–Crippen MR) is 236 cm³/mol. The molecule has 0 saturated heterocycles. The summed E-state index contributed by atoms with van der Waals surface area (Å²) in [4.78, 5) is 0. The Morgan fingerprint density at radius 3 is 0.429 bits per heavy atom. The Balaban J connectivity index is 0.000000109. The first-order valence-electron chi connectivity index (χ1n) is 19.9. The first-order chi connectivity index (χ1) is 27.8. The molecule has 56 heavy (non-hydrogen) atoms. The molecule has 6 aliphatic rings. The van der Waals surface area contributed by atoms with Crippen LogP contribution in [0.5, 0.6) is 0 Å². The van der Waals surface area contributed by atoms with Gasteiger partial charge in [-0.3, -0.25) is 0 Å². The molecule has 0 aliphatic heterocycles. The quantitative estimate of drug-likeness (QED) is 0.137. The van der Waals surface area contributed by atoms with Crippen LogP contribution in [-0.4, -0.2) is 0 Å². The molecular formula is C56H40. The zero-order valence-electron chi connectivity index (χ0n) is 31.1. The summed E-state index contributed by atoms with van der Waals surface area (Å²) in [5.74, 6) is 1.53. The lowest BCUT2D eigenvalue weighted by Gasteiger charge is -2.50. The van der Waals surface area contributed by atoms with Crippen LogP contribution < -0.4 is 0 Å². The second-order valence-electron chi connectivity index (χ2n) is 15.5. The average Bonchev–Trinajstić information content (AvgIpc) is 3.26. The molecule has 6 aliphatic carbocycles. The molecule has 0 unspecified atom stereocenters. The SMILES string of the molecule is c1ccc2c(c1)C1c3ccccc3C2C2c3ccccc3C1c1ccccc12.c1ccc2cc3ccccc3cc2c1.c1ccc2cc3ccccc3cc2c1. The first kappa shape index (κ1) is 32.7. The van der Waals surface area contributed by atoms with E-state index in [0.717, 1.165) is 0 Å². The molecule has 0 amide bonds. The fourth-order valence-electron chi connectivity index (χ4n) is 10.2. The summed E-state index contributed by atoms with van der Waals surface area (Å²) in [5, 5.41) is 10.5. The van der Waals surface area contributed by atoms with Gasteiger partial charge in [0.2, 0.25) is 0 Å². The second kappa shape index (κ2) is 13.5. The van der Waals surface area contributed by atoms with Crippen LogP contribution in [0.1, 0.15) is 68.2 Å². The van der Waals surface area contributed by atoms with Gasteiger partial charge < -0.3 is 0 Å². The summed E-state index contributed by atoms with van der Waals surface area (Å²) < 4.78 is 0. The topological polar surface area (TPSA) is 0 Å². The molecule has 0 N–H and O–H groups in total. The van der Waals surface area contributed by atoms with E-state index in [-0.39, 0.29) is 0 Å². The Bertz CT molecular complexity index is 2470. The molecular weight excluding hydrogens is 673 g/mol. The standard InChI is InChI=1S/C28H20.2C14H10/c1-2-10-18-17(9-1)25-19-11-3-4-12-20(19)26(18)28-23-15-7-5-13-21(23)27(25)22-14-6-8-16-24(22)28;2*1-2-6-12-10-14-8-4-3-7-13(14)9-11(12)5-1/h1-16,25-28H;2*1-10H. The van der Waals surface area contributed by atoms with Gasteiger partial charge in [0.25, 0.3) is 0 Å². The molecule has 0 atom stereocenters. The van der Waals surface area contributed by atoms with Gasteiger partial charge in [-0.2, -0.15) is 0 Å². The largest absolute Gasteiger partial charge is 0.0620 e. The Hall–Kier alpha value is -6.76. The molecule has 0 nitrogen and oxygen atoms in total. The highest BCUT2D eigenvalue weighted by molar-refractivity contribution is 5.99. The summed E-state index contributed by atoms with van der Waals surface area (Å²) in [5.41, 5.74) is 12.3. The summed E-state index contributed by atoms with van der Waals surface area (Å²) in [6, 6.07) is 79.7. The monoisotopic (exact) mass is 712 g/mol. The van der Waals surface area contributed by atoms with Crippen molar-refractivity contribution in [3.63, 3.8) is 0 Å². The average molecular weight is 713 g/mol. The van der Waals surface area contributed by atoms with Crippen molar-refractivity contribution in [2.24, 2.45) is 0 Å². The number of hydrogen-bond donors (Lipinski definition) is 0. The highest BCUT2D eigenvalue weighted by Crippen LogP contribution is 2.63. The number of rotatable bonds is 0. The molecule has 10 aromatic rings. The van der Waals surface area contributed by atoms with Crippen LogP contribution in [0.2, 0.25) is 0 Å². The zero-order valence-corrected chi connectivity index (χ0v) is 31.1. The Labute approximate surface area is 328 Å². The van der Waals surface area contributed by atoms with Crippen molar-refractivity contribution in [3.05, 3.63) is 263 Å². The molecule has 16 rings (SSSR count). The van der Waals surface area contributed by atoms with Crippen molar-refractivity contribution >= 4 is 43.1 Å². The molecule has 264 valence electrons. The summed E-state index contributed by atoms with van der Waals surface area (Å²) in [6.45, 7) is 0. The third kappa shape index (κ3) is 5.36. The van der Waals surface area contributed by atoms with Crippen LogP contribution in [0.15, 0.2) is 218 Å². The van der Waals surface area contributed by atoms with Gasteiger partial charge >= 0.3 is 0 Å². The van der Waals surface area contributed by atoms with Crippen molar-refractivity contribution in [1.29, 1.82) is 0 Å². The highest BCUT2D eigenvalue weighted by atomic mass is 14.5. The minimum Gasteiger partial charge on any atom is -0.0620 e. The van der Waals surface area contributed by atoms with E-state index in [9.17, 15) is 0 Å². The molecule has 0 aromatic heterocycles. The Morgan fingerprint density at radius 1 is 0.161 bits per heavy atom. The number of fused-ring (bicyclic) bond motifs is 4. The van der Waals surface area contributed by atoms with Gasteiger partial charge in [-0.15, -0.1) is 0 Å². The van der Waals surface area contributed by atoms with Gasteiger partial charge in [0.1, 0.15) is 0 Å². The molecule has 10 aromatic carbocycles. The van der Waals surface area contributed by atoms with E-state index in [1.165, 1.54) is 87.6 Å². The van der Waals surface area contributed by atoms with Crippen LogP contribution in [0.25, 0.3) is 43.1 Å². The minimum atomic E-state index is 0.382. The zero-order chi connectivity index (χ0) is 37.0. The van der Waals surface area contributed by atoms with Crippen LogP contribution in [0, 0.1) is 0 Å². The van der Waals surface area contributed by atoms with Crippen molar-refractivity contribution in [2.75, 3.05) is 0 Å². The molecule has 0 radical (unpaired) electrons. The molecule has 0 fully saturated rings. The second-order valence-corrected chi connectivity index (χ2v) is 15.5. The molecule has 0 heterocycles. The van der Waals surface area contributed by atoms with E-state index in [0.29, 0.717) is 23.7 Å². The van der Waals surface area contributed by atoms with Crippen LogP contribution in [-0.2, 0) is 0 Å². The van der Waals surface area contributed by atoms with E-state index in [1.807, 2.05) is 0 Å². The fraction of sp³-hybridized carbons (Fsp3) is 0.0714. The molecule has 4 bridgehead atoms. The molecule has 0 spiro atoms. The lowest BCUT2D eigenvalue weighted by Crippen LogP contribution is -2.35. The van der Waals surface area contributed by atoms with E-state index in [2.05, 4.69) is 218 Å². The summed E-state index contributed by atoms with van der Waals surface area (Å²) in [6.07, 6.45) is 0. The maximum atomic E-state index is 2.38. The van der Waals surface area contributed by atoms with Crippen LogP contribution >= 0.6 is 0 Å². The van der Waals surface area contributed by atoms with E-state index < -0.39 is 0 Å².